The maximum absolute atomic E-state index is 12.1. The lowest BCUT2D eigenvalue weighted by atomic mass is 10.1. The zero-order valence-electron chi connectivity index (χ0n) is 15.3. The number of carbonyl (C=O) groups is 2. The molecule has 152 valence electrons. The van der Waals surface area contributed by atoms with Gasteiger partial charge in [0.2, 0.25) is 12.7 Å². The fourth-order valence-electron chi connectivity index (χ4n) is 2.71. The highest BCUT2D eigenvalue weighted by Gasteiger charge is 2.16. The first-order chi connectivity index (χ1) is 14.5. The van der Waals surface area contributed by atoms with E-state index < -0.39 is 16.7 Å². The number of nitro benzene ring substituents is 1. The molecular weight excluding hydrogens is 412 g/mol. The molecule has 0 bridgehead atoms. The average Bonchev–Trinajstić information content (AvgIpc) is 3.40. The van der Waals surface area contributed by atoms with Crippen LogP contribution in [0.5, 0.6) is 11.5 Å². The first-order valence-electron chi connectivity index (χ1n) is 8.67. The Morgan fingerprint density at radius 2 is 2.00 bits per heavy atom. The molecule has 0 saturated heterocycles. The largest absolute Gasteiger partial charge is 0.454 e. The number of anilines is 1. The van der Waals surface area contributed by atoms with Crippen LogP contribution in [0, 0.1) is 10.1 Å². The first kappa shape index (κ1) is 19.3. The van der Waals surface area contributed by atoms with E-state index in [1.54, 1.807) is 11.4 Å². The zero-order valence-corrected chi connectivity index (χ0v) is 16.1. The molecule has 0 atom stereocenters. The molecule has 0 radical (unpaired) electrons. The Morgan fingerprint density at radius 1 is 1.17 bits per heavy atom. The quantitative estimate of drug-likeness (QED) is 0.457. The summed E-state index contributed by atoms with van der Waals surface area (Å²) in [6.45, 7) is -0.125. The van der Waals surface area contributed by atoms with Crippen molar-refractivity contribution in [1.29, 1.82) is 0 Å². The highest BCUT2D eigenvalue weighted by Crippen LogP contribution is 2.36. The summed E-state index contributed by atoms with van der Waals surface area (Å²) in [7, 11) is 0. The molecular formula is C19H14N4O6S. The monoisotopic (exact) mass is 426 g/mol. The van der Waals surface area contributed by atoms with Gasteiger partial charge in [0.25, 0.3) is 11.6 Å². The number of aromatic nitrogens is 1. The first-order valence-corrected chi connectivity index (χ1v) is 9.55. The number of ether oxygens (including phenoxy) is 2. The van der Waals surface area contributed by atoms with Crippen molar-refractivity contribution in [3.05, 3.63) is 63.5 Å². The van der Waals surface area contributed by atoms with Crippen LogP contribution in [0.25, 0.3) is 11.3 Å². The van der Waals surface area contributed by atoms with E-state index in [-0.39, 0.29) is 24.6 Å². The van der Waals surface area contributed by atoms with E-state index >= 15 is 0 Å². The Balaban J connectivity index is 1.34. The van der Waals surface area contributed by atoms with Crippen molar-refractivity contribution in [2.75, 3.05) is 18.7 Å². The Labute approximate surface area is 173 Å². The maximum atomic E-state index is 12.1. The second-order valence-electron chi connectivity index (χ2n) is 6.14. The van der Waals surface area contributed by atoms with Crippen LogP contribution in [0.3, 0.4) is 0 Å². The Hall–Kier alpha value is -3.99. The van der Waals surface area contributed by atoms with Crippen molar-refractivity contribution in [2.45, 2.75) is 0 Å². The van der Waals surface area contributed by atoms with Gasteiger partial charge >= 0.3 is 0 Å². The lowest BCUT2D eigenvalue weighted by Crippen LogP contribution is -2.32. The van der Waals surface area contributed by atoms with Crippen LogP contribution in [0.2, 0.25) is 0 Å². The van der Waals surface area contributed by atoms with Gasteiger partial charge < -0.3 is 20.1 Å². The standard InChI is InChI=1S/C19H14N4O6S/c24-17(8-20-18(25)12-2-1-3-13(6-12)23(26)27)22-19-21-14(9-30-19)11-4-5-15-16(7-11)29-10-28-15/h1-7,9H,8,10H2,(H,20,25)(H,21,22,24). The van der Waals surface area contributed by atoms with Gasteiger partial charge in [-0.3, -0.25) is 19.7 Å². The van der Waals surface area contributed by atoms with Crippen LogP contribution in [-0.4, -0.2) is 35.1 Å². The van der Waals surface area contributed by atoms with E-state index in [1.165, 1.54) is 29.5 Å². The fraction of sp³-hybridized carbons (Fsp3) is 0.105. The van der Waals surface area contributed by atoms with E-state index in [0.29, 0.717) is 22.3 Å². The van der Waals surface area contributed by atoms with Crippen molar-refractivity contribution in [3.63, 3.8) is 0 Å². The second-order valence-corrected chi connectivity index (χ2v) is 7.00. The van der Waals surface area contributed by atoms with Crippen LogP contribution < -0.4 is 20.1 Å². The Kier molecular flexibility index (Phi) is 5.26. The highest BCUT2D eigenvalue weighted by molar-refractivity contribution is 7.14. The molecule has 1 aliphatic rings. The van der Waals surface area contributed by atoms with Crippen molar-refractivity contribution in [1.82, 2.24) is 10.3 Å². The van der Waals surface area contributed by atoms with Gasteiger partial charge in [-0.25, -0.2) is 4.98 Å². The normalized spacial score (nSPS) is 11.7. The van der Waals surface area contributed by atoms with Crippen LogP contribution in [0.15, 0.2) is 47.8 Å². The third kappa shape index (κ3) is 4.20. The molecule has 4 rings (SSSR count). The summed E-state index contributed by atoms with van der Waals surface area (Å²) in [5.41, 5.74) is 1.37. The number of nitrogens with one attached hydrogen (secondary N) is 2. The summed E-state index contributed by atoms with van der Waals surface area (Å²) < 4.78 is 10.6. The molecule has 10 nitrogen and oxygen atoms in total. The Bertz CT molecular complexity index is 1150. The van der Waals surface area contributed by atoms with Gasteiger partial charge in [-0.2, -0.15) is 0 Å². The summed E-state index contributed by atoms with van der Waals surface area (Å²) >= 11 is 1.24. The molecule has 3 aromatic rings. The molecule has 0 aliphatic carbocycles. The fourth-order valence-corrected chi connectivity index (χ4v) is 3.44. The molecule has 2 heterocycles. The third-order valence-corrected chi connectivity index (χ3v) is 4.91. The third-order valence-electron chi connectivity index (χ3n) is 4.15. The maximum Gasteiger partial charge on any atom is 0.270 e. The summed E-state index contributed by atoms with van der Waals surface area (Å²) in [5.74, 6) is 0.242. The number of amides is 2. The number of hydrogen-bond acceptors (Lipinski definition) is 8. The molecule has 2 amide bonds. The van der Waals surface area contributed by atoms with Crippen LogP contribution in [0.4, 0.5) is 10.8 Å². The van der Waals surface area contributed by atoms with Crippen LogP contribution >= 0.6 is 11.3 Å². The van der Waals surface area contributed by atoms with E-state index in [1.807, 2.05) is 12.1 Å². The predicted octanol–water partition coefficient (Wildman–Crippen LogP) is 2.82. The molecule has 1 aromatic heterocycles. The molecule has 11 heteroatoms. The number of non-ortho nitro benzene ring substituents is 1. The number of hydrogen-bond donors (Lipinski definition) is 2. The predicted molar refractivity (Wildman–Crippen MR) is 108 cm³/mol. The summed E-state index contributed by atoms with van der Waals surface area (Å²) in [4.78, 5) is 38.8. The van der Waals surface area contributed by atoms with E-state index in [2.05, 4.69) is 15.6 Å². The number of rotatable bonds is 6. The average molecular weight is 426 g/mol. The molecule has 0 spiro atoms. The van der Waals surface area contributed by atoms with Gasteiger partial charge in [-0.1, -0.05) is 6.07 Å². The molecule has 1 aliphatic heterocycles. The number of nitrogens with zero attached hydrogens (tertiary/aromatic N) is 2. The van der Waals surface area contributed by atoms with Gasteiger partial charge in [-0.05, 0) is 24.3 Å². The lowest BCUT2D eigenvalue weighted by Gasteiger charge is -2.05. The number of benzene rings is 2. The molecule has 0 fully saturated rings. The van der Waals surface area contributed by atoms with E-state index in [4.69, 9.17) is 9.47 Å². The van der Waals surface area contributed by atoms with Gasteiger partial charge in [0.05, 0.1) is 17.2 Å². The van der Waals surface area contributed by atoms with Crippen molar-refractivity contribution in [2.24, 2.45) is 0 Å². The Morgan fingerprint density at radius 3 is 2.83 bits per heavy atom. The summed E-state index contributed by atoms with van der Waals surface area (Å²) in [5, 5.41) is 18.0. The number of carbonyl (C=O) groups excluding carboxylic acids is 2. The van der Waals surface area contributed by atoms with Gasteiger partial charge in [0.15, 0.2) is 16.6 Å². The van der Waals surface area contributed by atoms with Gasteiger partial charge in [-0.15, -0.1) is 11.3 Å². The molecule has 30 heavy (non-hydrogen) atoms. The lowest BCUT2D eigenvalue weighted by molar-refractivity contribution is -0.384. The van der Waals surface area contributed by atoms with E-state index in [0.717, 1.165) is 11.6 Å². The minimum Gasteiger partial charge on any atom is -0.454 e. The van der Waals surface area contributed by atoms with E-state index in [9.17, 15) is 19.7 Å². The zero-order chi connectivity index (χ0) is 21.1. The minimum atomic E-state index is -0.594. The molecule has 2 N–H and O–H groups in total. The minimum absolute atomic E-state index is 0.0938. The van der Waals surface area contributed by atoms with Gasteiger partial charge in [0.1, 0.15) is 0 Å². The second kappa shape index (κ2) is 8.17. The van der Waals surface area contributed by atoms with Crippen molar-refractivity contribution >= 4 is 34.0 Å². The molecule has 0 unspecified atom stereocenters. The molecule has 0 saturated carbocycles. The van der Waals surface area contributed by atoms with Crippen molar-refractivity contribution < 1.29 is 24.0 Å². The number of thiazole rings is 1. The number of nitro groups is 1. The smallest absolute Gasteiger partial charge is 0.270 e. The van der Waals surface area contributed by atoms with Crippen molar-refractivity contribution in [3.8, 4) is 22.8 Å². The SMILES string of the molecule is O=C(CNC(=O)c1cccc([N+](=O)[O-])c1)Nc1nc(-c2ccc3c(c2)OCO3)cs1. The summed E-state index contributed by atoms with van der Waals surface area (Å²) in [6, 6.07) is 10.7. The molecule has 2 aromatic carbocycles. The van der Waals surface area contributed by atoms with Crippen LogP contribution in [0.1, 0.15) is 10.4 Å². The number of fused-ring (bicyclic) bond motifs is 1. The topological polar surface area (TPSA) is 133 Å². The summed E-state index contributed by atoms with van der Waals surface area (Å²) in [6.07, 6.45) is 0. The van der Waals surface area contributed by atoms with Crippen LogP contribution in [-0.2, 0) is 4.79 Å². The van der Waals surface area contributed by atoms with Gasteiger partial charge in [0, 0.05) is 28.6 Å². The highest BCUT2D eigenvalue weighted by atomic mass is 32.1.